The molecular formula is C24H35ClF3N3O3. The molecule has 1 atom stereocenters. The summed E-state index contributed by atoms with van der Waals surface area (Å²) in [4.78, 5) is 29.2. The molecule has 1 aliphatic heterocycles. The number of piperidine rings is 1. The normalized spacial score (nSPS) is 17.0. The largest absolute Gasteiger partial charge is 0.426 e. The summed E-state index contributed by atoms with van der Waals surface area (Å²) in [6.45, 7) is 4.14. The van der Waals surface area contributed by atoms with Gasteiger partial charge in [0.25, 0.3) is 11.8 Å². The predicted molar refractivity (Wildman–Crippen MR) is 127 cm³/mol. The lowest BCUT2D eigenvalue weighted by Crippen LogP contribution is -2.60. The maximum Gasteiger partial charge on any atom is 0.426 e. The number of anilines is 1. The van der Waals surface area contributed by atoms with Crippen molar-refractivity contribution in [3.63, 3.8) is 0 Å². The van der Waals surface area contributed by atoms with Gasteiger partial charge in [-0.25, -0.2) is 0 Å². The van der Waals surface area contributed by atoms with E-state index in [0.717, 1.165) is 42.9 Å². The Morgan fingerprint density at radius 1 is 1.18 bits per heavy atom. The maximum absolute atomic E-state index is 13.3. The van der Waals surface area contributed by atoms with Crippen LogP contribution >= 0.6 is 11.6 Å². The Hall–Kier alpha value is -2.00. The molecule has 1 unspecified atom stereocenters. The van der Waals surface area contributed by atoms with Gasteiger partial charge in [-0.3, -0.25) is 9.59 Å². The molecule has 34 heavy (non-hydrogen) atoms. The molecule has 1 heterocycles. The Morgan fingerprint density at radius 3 is 2.24 bits per heavy atom. The first-order chi connectivity index (χ1) is 15.7. The first kappa shape index (κ1) is 28.2. The summed E-state index contributed by atoms with van der Waals surface area (Å²) in [5.74, 6) is -2.34. The molecule has 0 aromatic heterocycles. The molecular weight excluding hydrogens is 471 g/mol. The van der Waals surface area contributed by atoms with Crippen LogP contribution < -0.4 is 4.90 Å². The standard InChI is InChI=1S/C24H35ClF3N3O3/c1-16(2)23(34,24(26,27)28)22(33)30(5)12-6-7-17-10-13-31(14-11-17)18-8-9-19(20(25)15-18)21(32)29(3)4/h8-9,15-17,34H,6-7,10-14H2,1-5H3. The van der Waals surface area contributed by atoms with E-state index in [1.54, 1.807) is 26.2 Å². The number of likely N-dealkylation sites (N-methyl/N-ethyl adjacent to an activating group) is 1. The van der Waals surface area contributed by atoms with Gasteiger partial charge in [0.1, 0.15) is 0 Å². The number of amides is 2. The number of alkyl halides is 3. The van der Waals surface area contributed by atoms with E-state index in [1.165, 1.54) is 25.8 Å². The predicted octanol–water partition coefficient (Wildman–Crippen LogP) is 4.45. The van der Waals surface area contributed by atoms with Crippen molar-refractivity contribution in [3.8, 4) is 0 Å². The van der Waals surface area contributed by atoms with Gasteiger partial charge >= 0.3 is 6.18 Å². The van der Waals surface area contributed by atoms with Crippen LogP contribution in [-0.4, -0.2) is 79.3 Å². The van der Waals surface area contributed by atoms with E-state index in [2.05, 4.69) is 4.90 Å². The molecule has 192 valence electrons. The van der Waals surface area contributed by atoms with E-state index in [-0.39, 0.29) is 12.5 Å². The molecule has 0 radical (unpaired) electrons. The number of carbonyl (C=O) groups excluding carboxylic acids is 2. The maximum atomic E-state index is 13.3. The summed E-state index contributed by atoms with van der Waals surface area (Å²) in [6, 6.07) is 5.42. The van der Waals surface area contributed by atoms with Crippen molar-refractivity contribution in [1.82, 2.24) is 9.80 Å². The number of aliphatic hydroxyl groups is 1. The van der Waals surface area contributed by atoms with Crippen molar-refractivity contribution in [1.29, 1.82) is 0 Å². The fourth-order valence-electron chi connectivity index (χ4n) is 4.30. The molecule has 0 aliphatic carbocycles. The first-order valence-electron chi connectivity index (χ1n) is 11.5. The zero-order valence-electron chi connectivity index (χ0n) is 20.5. The Kier molecular flexibility index (Phi) is 9.27. The Bertz CT molecular complexity index is 871. The zero-order chi connectivity index (χ0) is 25.8. The molecule has 2 rings (SSSR count). The third-order valence-electron chi connectivity index (χ3n) is 6.62. The highest BCUT2D eigenvalue weighted by Gasteiger charge is 2.62. The quantitative estimate of drug-likeness (QED) is 0.567. The first-order valence-corrected chi connectivity index (χ1v) is 11.9. The van der Waals surface area contributed by atoms with E-state index in [9.17, 15) is 27.9 Å². The van der Waals surface area contributed by atoms with Crippen LogP contribution in [-0.2, 0) is 4.79 Å². The van der Waals surface area contributed by atoms with E-state index in [1.807, 2.05) is 6.07 Å². The number of hydrogen-bond donors (Lipinski definition) is 1. The molecule has 1 aromatic rings. The van der Waals surface area contributed by atoms with Gasteiger partial charge in [-0.15, -0.1) is 0 Å². The van der Waals surface area contributed by atoms with Crippen molar-refractivity contribution >= 4 is 29.1 Å². The van der Waals surface area contributed by atoms with E-state index < -0.39 is 23.6 Å². The van der Waals surface area contributed by atoms with Gasteiger partial charge in [-0.2, -0.15) is 13.2 Å². The summed E-state index contributed by atoms with van der Waals surface area (Å²) >= 11 is 6.32. The van der Waals surface area contributed by atoms with Crippen LogP contribution in [0.5, 0.6) is 0 Å². The molecule has 0 saturated carbocycles. The Balaban J connectivity index is 1.86. The van der Waals surface area contributed by atoms with Gasteiger partial charge in [-0.05, 0) is 49.8 Å². The number of rotatable bonds is 8. The second kappa shape index (κ2) is 11.2. The molecule has 10 heteroatoms. The van der Waals surface area contributed by atoms with Gasteiger partial charge in [0.05, 0.1) is 10.6 Å². The van der Waals surface area contributed by atoms with Crippen LogP contribution in [0.2, 0.25) is 5.02 Å². The van der Waals surface area contributed by atoms with Crippen molar-refractivity contribution in [2.24, 2.45) is 11.8 Å². The van der Waals surface area contributed by atoms with Crippen molar-refractivity contribution < 1.29 is 27.9 Å². The minimum absolute atomic E-state index is 0.152. The van der Waals surface area contributed by atoms with E-state index >= 15 is 0 Å². The van der Waals surface area contributed by atoms with Crippen LogP contribution in [0, 0.1) is 11.8 Å². The van der Waals surface area contributed by atoms with E-state index in [0.29, 0.717) is 22.9 Å². The number of carbonyl (C=O) groups is 2. The molecule has 6 nitrogen and oxygen atoms in total. The molecule has 2 amide bonds. The summed E-state index contributed by atoms with van der Waals surface area (Å²) in [7, 11) is 4.65. The zero-order valence-corrected chi connectivity index (χ0v) is 21.2. The third-order valence-corrected chi connectivity index (χ3v) is 6.93. The fourth-order valence-corrected chi connectivity index (χ4v) is 4.56. The van der Waals surface area contributed by atoms with Crippen LogP contribution in [0.15, 0.2) is 18.2 Å². The summed E-state index contributed by atoms with van der Waals surface area (Å²) in [5.41, 5.74) is -1.97. The molecule has 1 aliphatic rings. The molecule has 1 saturated heterocycles. The summed E-state index contributed by atoms with van der Waals surface area (Å²) < 4.78 is 40.0. The van der Waals surface area contributed by atoms with Gasteiger partial charge in [-0.1, -0.05) is 25.4 Å². The van der Waals surface area contributed by atoms with Gasteiger partial charge in [0.15, 0.2) is 0 Å². The average Bonchev–Trinajstić information content (AvgIpc) is 2.76. The lowest BCUT2D eigenvalue weighted by atomic mass is 9.87. The monoisotopic (exact) mass is 505 g/mol. The number of benzene rings is 1. The van der Waals surface area contributed by atoms with Gasteiger partial charge in [0, 0.05) is 52.4 Å². The van der Waals surface area contributed by atoms with Crippen LogP contribution in [0.1, 0.15) is 49.9 Å². The van der Waals surface area contributed by atoms with Crippen molar-refractivity contribution in [2.45, 2.75) is 51.3 Å². The second-order valence-corrected chi connectivity index (χ2v) is 9.99. The SMILES string of the molecule is CC(C)C(O)(C(=O)N(C)CCCC1CCN(c2ccc(C(=O)N(C)C)c(Cl)c2)CC1)C(F)(F)F. The smallest absolute Gasteiger partial charge is 0.372 e. The third kappa shape index (κ3) is 6.16. The van der Waals surface area contributed by atoms with Crippen molar-refractivity contribution in [3.05, 3.63) is 28.8 Å². The van der Waals surface area contributed by atoms with Crippen LogP contribution in [0.25, 0.3) is 0 Å². The highest BCUT2D eigenvalue weighted by molar-refractivity contribution is 6.34. The minimum Gasteiger partial charge on any atom is -0.372 e. The lowest BCUT2D eigenvalue weighted by Gasteiger charge is -2.36. The van der Waals surface area contributed by atoms with Gasteiger partial charge in [0.2, 0.25) is 5.60 Å². The minimum atomic E-state index is -5.03. The molecule has 1 fully saturated rings. The molecule has 0 spiro atoms. The fraction of sp³-hybridized carbons (Fsp3) is 0.667. The summed E-state index contributed by atoms with van der Waals surface area (Å²) in [6.07, 6.45) is -1.86. The number of hydrogen-bond acceptors (Lipinski definition) is 4. The van der Waals surface area contributed by atoms with Crippen LogP contribution in [0.4, 0.5) is 18.9 Å². The Morgan fingerprint density at radius 2 is 1.76 bits per heavy atom. The van der Waals surface area contributed by atoms with Crippen LogP contribution in [0.3, 0.4) is 0 Å². The highest BCUT2D eigenvalue weighted by atomic mass is 35.5. The molecule has 1 aromatic carbocycles. The lowest BCUT2D eigenvalue weighted by molar-refractivity contribution is -0.269. The van der Waals surface area contributed by atoms with Gasteiger partial charge < -0.3 is 19.8 Å². The summed E-state index contributed by atoms with van der Waals surface area (Å²) in [5, 5.41) is 10.5. The number of halogens is 4. The number of nitrogens with zero attached hydrogens (tertiary/aromatic N) is 3. The van der Waals surface area contributed by atoms with Crippen molar-refractivity contribution in [2.75, 3.05) is 45.7 Å². The molecule has 0 bridgehead atoms. The van der Waals surface area contributed by atoms with E-state index in [4.69, 9.17) is 11.6 Å². The second-order valence-electron chi connectivity index (χ2n) is 9.58. The molecule has 1 N–H and O–H groups in total. The topological polar surface area (TPSA) is 64.1 Å². The average molecular weight is 506 g/mol. The highest BCUT2D eigenvalue weighted by Crippen LogP contribution is 2.38. The Labute approximate surface area is 204 Å².